The van der Waals surface area contributed by atoms with Crippen molar-refractivity contribution in [2.24, 2.45) is 5.73 Å². The fraction of sp³-hybridized carbons (Fsp3) is 0.750. The van der Waals surface area contributed by atoms with Gasteiger partial charge in [-0.25, -0.2) is 8.42 Å². The van der Waals surface area contributed by atoms with E-state index >= 15 is 0 Å². The van der Waals surface area contributed by atoms with Crippen molar-refractivity contribution in [3.63, 3.8) is 0 Å². The molecule has 15 heavy (non-hydrogen) atoms. The van der Waals surface area contributed by atoms with Gasteiger partial charge in [-0.2, -0.15) is 12.7 Å². The molecule has 0 saturated heterocycles. The Balaban J connectivity index is 0. The minimum Gasteiger partial charge on any atom is -0.369 e. The Labute approximate surface area is 88.5 Å². The largest absolute Gasteiger partial charge is 0.394 e. The zero-order valence-electron chi connectivity index (χ0n) is 7.73. The molecule has 0 aromatic carbocycles. The fourth-order valence-corrected chi connectivity index (χ4v) is 0.951. The van der Waals surface area contributed by atoms with Gasteiger partial charge in [-0.3, -0.25) is 13.9 Å². The molecule has 0 rings (SSSR count). The van der Waals surface area contributed by atoms with Crippen LogP contribution in [0.5, 0.6) is 0 Å². The predicted octanol–water partition coefficient (Wildman–Crippen LogP) is -2.33. The molecule has 0 atom stereocenters. The third kappa shape index (κ3) is 19.6. The SMILES string of the molecule is CCN(CC(N)=O)[SH](=O)=O.O=S(=O)(O)O. The quantitative estimate of drug-likeness (QED) is 0.327. The Bertz CT molecular complexity index is 343. The van der Waals surface area contributed by atoms with Gasteiger partial charge < -0.3 is 5.73 Å². The number of carbonyl (C=O) groups excluding carboxylic acids is 1. The van der Waals surface area contributed by atoms with Gasteiger partial charge in [-0.1, -0.05) is 6.92 Å². The first kappa shape index (κ1) is 16.7. The van der Waals surface area contributed by atoms with E-state index in [1.165, 1.54) is 0 Å². The first-order valence-corrected chi connectivity index (χ1v) is 5.98. The lowest BCUT2D eigenvalue weighted by Gasteiger charge is -2.07. The van der Waals surface area contributed by atoms with E-state index in [2.05, 4.69) is 0 Å². The standard InChI is InChI=1S/C4H10N2O3S.H2O4S/c1-2-6(10(8)9)3-4(5)7;1-5(2,3)4/h10H,2-3H2,1H3,(H2,5,7);(H2,1,2,3,4). The molecule has 0 unspecified atom stereocenters. The van der Waals surface area contributed by atoms with Crippen molar-refractivity contribution in [1.82, 2.24) is 4.31 Å². The van der Waals surface area contributed by atoms with Crippen LogP contribution in [-0.2, 0) is 26.1 Å². The van der Waals surface area contributed by atoms with Crippen LogP contribution in [-0.4, -0.2) is 49.2 Å². The molecular weight excluding hydrogens is 252 g/mol. The molecule has 1 amide bonds. The second-order valence-corrected chi connectivity index (χ2v) is 4.07. The maximum absolute atomic E-state index is 10.2. The lowest BCUT2D eigenvalue weighted by molar-refractivity contribution is -0.118. The molecule has 0 heterocycles. The Hall–Kier alpha value is -0.750. The summed E-state index contributed by atoms with van der Waals surface area (Å²) in [5, 5.41) is 0. The molecule has 92 valence electrons. The van der Waals surface area contributed by atoms with Crippen LogP contribution in [0, 0.1) is 0 Å². The van der Waals surface area contributed by atoms with Crippen LogP contribution in [0.15, 0.2) is 0 Å². The van der Waals surface area contributed by atoms with Gasteiger partial charge in [0.15, 0.2) is 0 Å². The summed E-state index contributed by atoms with van der Waals surface area (Å²) >= 11 is 0. The average Bonchev–Trinajstić information content (AvgIpc) is 1.95. The summed E-state index contributed by atoms with van der Waals surface area (Å²) in [4.78, 5) is 10.2. The number of carbonyl (C=O) groups is 1. The Morgan fingerprint density at radius 1 is 1.40 bits per heavy atom. The van der Waals surface area contributed by atoms with E-state index < -0.39 is 27.2 Å². The number of hydrogen-bond donors (Lipinski definition) is 4. The van der Waals surface area contributed by atoms with Crippen molar-refractivity contribution < 1.29 is 30.7 Å². The molecule has 0 spiro atoms. The molecule has 0 aromatic heterocycles. The van der Waals surface area contributed by atoms with Crippen LogP contribution in [0.25, 0.3) is 0 Å². The molecule has 0 bridgehead atoms. The molecule has 0 fully saturated rings. The minimum absolute atomic E-state index is 0.227. The van der Waals surface area contributed by atoms with Gasteiger partial charge in [-0.15, -0.1) is 0 Å². The van der Waals surface area contributed by atoms with Crippen LogP contribution in [0.1, 0.15) is 6.92 Å². The Morgan fingerprint density at radius 2 is 1.73 bits per heavy atom. The number of thiol groups is 1. The molecular formula is C4H12N2O7S2. The summed E-state index contributed by atoms with van der Waals surface area (Å²) in [6.45, 7) is 1.69. The highest BCUT2D eigenvalue weighted by Gasteiger charge is 2.06. The fourth-order valence-electron chi connectivity index (χ4n) is 0.465. The van der Waals surface area contributed by atoms with Gasteiger partial charge >= 0.3 is 10.4 Å². The predicted molar refractivity (Wildman–Crippen MR) is 50.9 cm³/mol. The second-order valence-electron chi connectivity index (χ2n) is 2.13. The smallest absolute Gasteiger partial charge is 0.369 e. The molecule has 9 nitrogen and oxygen atoms in total. The van der Waals surface area contributed by atoms with Crippen LogP contribution >= 0.6 is 0 Å². The second kappa shape index (κ2) is 7.53. The Kier molecular flexibility index (Phi) is 8.37. The summed E-state index contributed by atoms with van der Waals surface area (Å²) < 4.78 is 53.0. The monoisotopic (exact) mass is 264 g/mol. The first-order chi connectivity index (χ1) is 6.57. The maximum atomic E-state index is 10.2. The van der Waals surface area contributed by atoms with Gasteiger partial charge in [0.1, 0.15) is 0 Å². The number of amides is 1. The highest BCUT2D eigenvalue weighted by molar-refractivity contribution is 7.79. The minimum atomic E-state index is -4.67. The number of nitrogens with zero attached hydrogens (tertiary/aromatic N) is 1. The highest BCUT2D eigenvalue weighted by atomic mass is 32.3. The van der Waals surface area contributed by atoms with Crippen molar-refractivity contribution >= 4 is 27.2 Å². The van der Waals surface area contributed by atoms with E-state index in [1.54, 1.807) is 6.92 Å². The number of primary amides is 1. The summed E-state index contributed by atoms with van der Waals surface area (Å²) in [6.07, 6.45) is 0. The van der Waals surface area contributed by atoms with E-state index in [0.717, 1.165) is 4.31 Å². The number of hydrogen-bond acceptors (Lipinski definition) is 5. The normalized spacial score (nSPS) is 11.0. The zero-order valence-corrected chi connectivity index (χ0v) is 9.44. The summed E-state index contributed by atoms with van der Waals surface area (Å²) in [5.41, 5.74) is 4.76. The van der Waals surface area contributed by atoms with E-state index in [9.17, 15) is 13.2 Å². The lowest BCUT2D eigenvalue weighted by atomic mass is 10.6. The van der Waals surface area contributed by atoms with Crippen molar-refractivity contribution in [1.29, 1.82) is 0 Å². The van der Waals surface area contributed by atoms with Gasteiger partial charge in [0, 0.05) is 6.54 Å². The van der Waals surface area contributed by atoms with E-state index in [0.29, 0.717) is 0 Å². The van der Waals surface area contributed by atoms with Crippen LogP contribution < -0.4 is 5.73 Å². The summed E-state index contributed by atoms with van der Waals surface area (Å²) in [6, 6.07) is 0. The number of nitrogens with two attached hydrogens (primary N) is 1. The average molecular weight is 264 g/mol. The van der Waals surface area contributed by atoms with E-state index in [-0.39, 0.29) is 13.1 Å². The van der Waals surface area contributed by atoms with Crippen molar-refractivity contribution in [2.45, 2.75) is 6.92 Å². The first-order valence-electron chi connectivity index (χ1n) is 3.45. The zero-order chi connectivity index (χ0) is 12.6. The van der Waals surface area contributed by atoms with Gasteiger partial charge in [0.25, 0.3) is 0 Å². The molecule has 0 aliphatic heterocycles. The molecule has 0 radical (unpaired) electrons. The van der Waals surface area contributed by atoms with E-state index in [1.807, 2.05) is 0 Å². The summed E-state index contributed by atoms with van der Waals surface area (Å²) in [5.74, 6) is -0.638. The van der Waals surface area contributed by atoms with Crippen molar-refractivity contribution in [3.05, 3.63) is 0 Å². The molecule has 0 aliphatic rings. The molecule has 0 aromatic rings. The third-order valence-electron chi connectivity index (χ3n) is 0.934. The topological polar surface area (TPSA) is 155 Å². The number of likely N-dealkylation sites (N-methyl/N-ethyl adjacent to an activating group) is 1. The summed E-state index contributed by atoms with van der Waals surface area (Å²) in [7, 11) is -7.33. The van der Waals surface area contributed by atoms with Crippen molar-refractivity contribution in [3.8, 4) is 0 Å². The van der Waals surface area contributed by atoms with Crippen molar-refractivity contribution in [2.75, 3.05) is 13.1 Å². The van der Waals surface area contributed by atoms with Gasteiger partial charge in [0.2, 0.25) is 16.8 Å². The van der Waals surface area contributed by atoms with Crippen LogP contribution in [0.4, 0.5) is 0 Å². The molecule has 0 aliphatic carbocycles. The molecule has 0 saturated carbocycles. The maximum Gasteiger partial charge on any atom is 0.394 e. The molecule has 11 heteroatoms. The molecule has 4 N–H and O–H groups in total. The third-order valence-corrected chi connectivity index (χ3v) is 1.82. The van der Waals surface area contributed by atoms with Gasteiger partial charge in [-0.05, 0) is 0 Å². The highest BCUT2D eigenvalue weighted by Crippen LogP contribution is 1.84. The van der Waals surface area contributed by atoms with Gasteiger partial charge in [0.05, 0.1) is 6.54 Å². The number of rotatable bonds is 4. The Morgan fingerprint density at radius 3 is 1.80 bits per heavy atom. The van der Waals surface area contributed by atoms with E-state index in [4.69, 9.17) is 23.3 Å². The van der Waals surface area contributed by atoms with Crippen LogP contribution in [0.3, 0.4) is 0 Å². The van der Waals surface area contributed by atoms with Crippen LogP contribution in [0.2, 0.25) is 0 Å². The lowest BCUT2D eigenvalue weighted by Crippen LogP contribution is -2.32.